The zero-order chi connectivity index (χ0) is 19.3. The number of hydrogen-bond acceptors (Lipinski definition) is 5. The summed E-state index contributed by atoms with van der Waals surface area (Å²) in [6, 6.07) is 0. The van der Waals surface area contributed by atoms with Crippen LogP contribution >= 0.6 is 0 Å². The highest BCUT2D eigenvalue weighted by Crippen LogP contribution is 2.21. The molecule has 9 nitrogen and oxygen atoms in total. The number of hydrogen-bond donors (Lipinski definition) is 0. The zero-order valence-corrected chi connectivity index (χ0v) is 16.4. The Labute approximate surface area is 156 Å². The van der Waals surface area contributed by atoms with Gasteiger partial charge in [-0.05, 0) is 20.3 Å². The van der Waals surface area contributed by atoms with E-state index in [1.165, 1.54) is 11.6 Å². The van der Waals surface area contributed by atoms with Gasteiger partial charge in [0.15, 0.2) is 11.2 Å². The van der Waals surface area contributed by atoms with Crippen molar-refractivity contribution in [1.29, 1.82) is 0 Å². The summed E-state index contributed by atoms with van der Waals surface area (Å²) in [5, 5.41) is 0. The first-order valence-electron chi connectivity index (χ1n) is 9.35. The van der Waals surface area contributed by atoms with Gasteiger partial charge in [-0.1, -0.05) is 0 Å². The number of nitrogens with zero attached hydrogens (tertiary/aromatic N) is 6. The Bertz CT molecular complexity index is 1130. The van der Waals surface area contributed by atoms with Crippen molar-refractivity contribution in [3.63, 3.8) is 0 Å². The van der Waals surface area contributed by atoms with E-state index >= 15 is 0 Å². The summed E-state index contributed by atoms with van der Waals surface area (Å²) < 4.78 is 12.0. The highest BCUT2D eigenvalue weighted by molar-refractivity contribution is 5.76. The predicted molar refractivity (Wildman–Crippen MR) is 103 cm³/mol. The van der Waals surface area contributed by atoms with Crippen molar-refractivity contribution in [2.45, 2.75) is 26.8 Å². The van der Waals surface area contributed by atoms with Gasteiger partial charge in [0.05, 0.1) is 13.2 Å². The Morgan fingerprint density at radius 2 is 1.70 bits per heavy atom. The molecule has 0 spiro atoms. The molecule has 0 bridgehead atoms. The second-order valence-electron chi connectivity index (χ2n) is 7.26. The van der Waals surface area contributed by atoms with Crippen molar-refractivity contribution in [1.82, 2.24) is 28.0 Å². The Kier molecular flexibility index (Phi) is 4.43. The fourth-order valence-electron chi connectivity index (χ4n) is 3.93. The van der Waals surface area contributed by atoms with Crippen molar-refractivity contribution in [2.75, 3.05) is 32.8 Å². The minimum absolute atomic E-state index is 0.311. The van der Waals surface area contributed by atoms with Crippen LogP contribution in [0, 0.1) is 13.8 Å². The minimum Gasteiger partial charge on any atom is -0.379 e. The molecule has 0 amide bonds. The summed E-state index contributed by atoms with van der Waals surface area (Å²) in [6.07, 6.45) is 0.991. The van der Waals surface area contributed by atoms with E-state index in [9.17, 15) is 9.59 Å². The van der Waals surface area contributed by atoms with Crippen molar-refractivity contribution >= 4 is 16.9 Å². The standard InChI is InChI=1S/C18H26N6O3/c1-12-13(2)24-14-15(20(3)18(26)21(4)16(14)25)19-17(24)23(12)7-5-6-22-8-10-27-11-9-22/h5-11H2,1-4H3. The molecule has 4 heterocycles. The molecule has 0 saturated carbocycles. The molecule has 27 heavy (non-hydrogen) atoms. The second-order valence-corrected chi connectivity index (χ2v) is 7.26. The molecular formula is C18H26N6O3. The fourth-order valence-corrected chi connectivity index (χ4v) is 3.93. The van der Waals surface area contributed by atoms with Crippen molar-refractivity contribution in [2.24, 2.45) is 14.1 Å². The number of ether oxygens (including phenoxy) is 1. The summed E-state index contributed by atoms with van der Waals surface area (Å²) in [5.41, 5.74) is 2.30. The van der Waals surface area contributed by atoms with Crippen LogP contribution in [0.15, 0.2) is 9.59 Å². The molecule has 1 aliphatic heterocycles. The number of fused-ring (bicyclic) bond motifs is 3. The van der Waals surface area contributed by atoms with Crippen molar-refractivity contribution < 1.29 is 4.74 Å². The van der Waals surface area contributed by atoms with E-state index in [4.69, 9.17) is 4.74 Å². The lowest BCUT2D eigenvalue weighted by atomic mass is 10.3. The van der Waals surface area contributed by atoms with Gasteiger partial charge in [-0.2, -0.15) is 4.98 Å². The van der Waals surface area contributed by atoms with Gasteiger partial charge in [0.2, 0.25) is 5.78 Å². The van der Waals surface area contributed by atoms with Crippen LogP contribution in [0.1, 0.15) is 17.8 Å². The van der Waals surface area contributed by atoms with Crippen molar-refractivity contribution in [3.8, 4) is 0 Å². The SMILES string of the molecule is Cc1c(C)n2c3c(=O)n(C)c(=O)n(C)c3nc2n1CCCN1CCOCC1. The molecule has 0 radical (unpaired) electrons. The molecule has 146 valence electrons. The van der Waals surface area contributed by atoms with Crippen LogP contribution in [0.2, 0.25) is 0 Å². The molecule has 0 N–H and O–H groups in total. The normalized spacial score (nSPS) is 16.0. The maximum absolute atomic E-state index is 12.7. The first-order valence-corrected chi connectivity index (χ1v) is 9.35. The van der Waals surface area contributed by atoms with Crippen LogP contribution in [0.3, 0.4) is 0 Å². The van der Waals surface area contributed by atoms with Gasteiger partial charge in [-0.15, -0.1) is 0 Å². The van der Waals surface area contributed by atoms with E-state index < -0.39 is 0 Å². The quantitative estimate of drug-likeness (QED) is 0.644. The van der Waals surface area contributed by atoms with Gasteiger partial charge in [-0.25, -0.2) is 4.79 Å². The van der Waals surface area contributed by atoms with Crippen molar-refractivity contribution in [3.05, 3.63) is 32.2 Å². The van der Waals surface area contributed by atoms with Gasteiger partial charge in [-0.3, -0.25) is 23.2 Å². The Balaban J connectivity index is 1.76. The van der Waals surface area contributed by atoms with Gasteiger partial charge >= 0.3 is 5.69 Å². The first-order chi connectivity index (χ1) is 12.9. The minimum atomic E-state index is -0.360. The topological polar surface area (TPSA) is 78.7 Å². The average molecular weight is 374 g/mol. The summed E-state index contributed by atoms with van der Waals surface area (Å²) in [5.74, 6) is 0.722. The molecule has 0 atom stereocenters. The number of imidazole rings is 2. The molecule has 3 aromatic heterocycles. The molecule has 1 aliphatic rings. The van der Waals surface area contributed by atoms with E-state index in [0.29, 0.717) is 11.2 Å². The molecule has 0 unspecified atom stereocenters. The molecular weight excluding hydrogens is 348 g/mol. The van der Waals surface area contributed by atoms with E-state index in [1.807, 2.05) is 11.3 Å². The van der Waals surface area contributed by atoms with Crippen LogP contribution in [0.25, 0.3) is 16.9 Å². The van der Waals surface area contributed by atoms with Crippen LogP contribution in [-0.4, -0.2) is 60.8 Å². The number of morpholine rings is 1. The van der Waals surface area contributed by atoms with E-state index in [2.05, 4.69) is 21.4 Å². The van der Waals surface area contributed by atoms with Gasteiger partial charge in [0.25, 0.3) is 5.56 Å². The third-order valence-corrected chi connectivity index (χ3v) is 5.71. The van der Waals surface area contributed by atoms with Crippen LogP contribution < -0.4 is 11.2 Å². The molecule has 0 aliphatic carbocycles. The summed E-state index contributed by atoms with van der Waals surface area (Å²) in [6.45, 7) is 9.42. The zero-order valence-electron chi connectivity index (χ0n) is 16.4. The van der Waals surface area contributed by atoms with Crippen LogP contribution in [0.5, 0.6) is 0 Å². The lowest BCUT2D eigenvalue weighted by Gasteiger charge is -2.26. The summed E-state index contributed by atoms with van der Waals surface area (Å²) in [7, 11) is 3.16. The third kappa shape index (κ3) is 2.72. The molecule has 1 fully saturated rings. The maximum atomic E-state index is 12.7. The summed E-state index contributed by atoms with van der Waals surface area (Å²) in [4.78, 5) is 32.0. The van der Waals surface area contributed by atoms with Gasteiger partial charge in [0, 0.05) is 51.7 Å². The van der Waals surface area contributed by atoms with Gasteiger partial charge in [0.1, 0.15) is 0 Å². The Hall–Kier alpha value is -2.39. The first kappa shape index (κ1) is 18.0. The van der Waals surface area contributed by atoms with E-state index in [1.54, 1.807) is 7.05 Å². The highest BCUT2D eigenvalue weighted by atomic mass is 16.5. The Morgan fingerprint density at radius 1 is 1.00 bits per heavy atom. The average Bonchev–Trinajstić information content (AvgIpc) is 3.17. The van der Waals surface area contributed by atoms with E-state index in [0.717, 1.165) is 67.5 Å². The molecule has 4 rings (SSSR count). The van der Waals surface area contributed by atoms with Crippen LogP contribution in [0.4, 0.5) is 0 Å². The molecule has 1 saturated heterocycles. The predicted octanol–water partition coefficient (Wildman–Crippen LogP) is 0.0255. The molecule has 9 heteroatoms. The molecule has 0 aromatic carbocycles. The molecule has 3 aromatic rings. The number of aromatic nitrogens is 5. The maximum Gasteiger partial charge on any atom is 0.332 e. The van der Waals surface area contributed by atoms with E-state index in [-0.39, 0.29) is 11.2 Å². The number of rotatable bonds is 4. The highest BCUT2D eigenvalue weighted by Gasteiger charge is 2.21. The monoisotopic (exact) mass is 374 g/mol. The van der Waals surface area contributed by atoms with Crippen LogP contribution in [-0.2, 0) is 25.4 Å². The fraction of sp³-hybridized carbons (Fsp3) is 0.611. The summed E-state index contributed by atoms with van der Waals surface area (Å²) >= 11 is 0. The third-order valence-electron chi connectivity index (χ3n) is 5.71. The smallest absolute Gasteiger partial charge is 0.332 e. The Morgan fingerprint density at radius 3 is 2.41 bits per heavy atom. The second kappa shape index (κ2) is 6.65. The number of aryl methyl sites for hydroxylation is 3. The lowest BCUT2D eigenvalue weighted by molar-refractivity contribution is 0.0369. The van der Waals surface area contributed by atoms with Gasteiger partial charge < -0.3 is 9.30 Å². The largest absolute Gasteiger partial charge is 0.379 e. The lowest BCUT2D eigenvalue weighted by Crippen LogP contribution is -2.37.